The minimum atomic E-state index is -0.0833. The number of hydrogen-bond acceptors (Lipinski definition) is 2. The number of nitrogens with zero attached hydrogens (tertiary/aromatic N) is 3. The first-order chi connectivity index (χ1) is 13.7. The van der Waals surface area contributed by atoms with Crippen molar-refractivity contribution in [2.45, 2.75) is 59.2 Å². The summed E-state index contributed by atoms with van der Waals surface area (Å²) >= 11 is 0. The van der Waals surface area contributed by atoms with Crippen molar-refractivity contribution in [1.29, 1.82) is 0 Å². The van der Waals surface area contributed by atoms with Crippen LogP contribution in [0.5, 0.6) is 0 Å². The summed E-state index contributed by atoms with van der Waals surface area (Å²) in [7, 11) is 1.99. The van der Waals surface area contributed by atoms with Gasteiger partial charge in [-0.3, -0.25) is 9.59 Å². The summed E-state index contributed by atoms with van der Waals surface area (Å²) in [4.78, 5) is 29.9. The Bertz CT molecular complexity index is 831. The maximum absolute atomic E-state index is 13.3. The van der Waals surface area contributed by atoms with E-state index >= 15 is 0 Å². The Hall–Kier alpha value is -2.56. The van der Waals surface area contributed by atoms with E-state index in [-0.39, 0.29) is 29.8 Å². The van der Waals surface area contributed by atoms with Crippen molar-refractivity contribution in [3.05, 3.63) is 59.9 Å². The maximum Gasteiger partial charge on any atom is 0.242 e. The molecule has 29 heavy (non-hydrogen) atoms. The molecule has 0 atom stereocenters. The summed E-state index contributed by atoms with van der Waals surface area (Å²) in [6.07, 6.45) is 4.45. The molecule has 156 valence electrons. The van der Waals surface area contributed by atoms with Gasteiger partial charge in [-0.2, -0.15) is 0 Å². The predicted molar refractivity (Wildman–Crippen MR) is 115 cm³/mol. The molecule has 3 rings (SSSR count). The van der Waals surface area contributed by atoms with Gasteiger partial charge in [-0.05, 0) is 36.0 Å². The molecular formula is C24H33N3O2. The summed E-state index contributed by atoms with van der Waals surface area (Å²) in [6, 6.07) is 14.3. The van der Waals surface area contributed by atoms with Crippen molar-refractivity contribution in [2.24, 2.45) is 12.5 Å². The van der Waals surface area contributed by atoms with E-state index in [1.807, 2.05) is 70.1 Å². The number of benzene rings is 1. The Morgan fingerprint density at radius 2 is 1.69 bits per heavy atom. The first-order valence-corrected chi connectivity index (χ1v) is 10.4. The number of carbonyl (C=O) groups excluding carboxylic acids is 2. The van der Waals surface area contributed by atoms with Gasteiger partial charge in [0, 0.05) is 37.9 Å². The van der Waals surface area contributed by atoms with Crippen molar-refractivity contribution >= 4 is 11.8 Å². The van der Waals surface area contributed by atoms with Gasteiger partial charge in [0.25, 0.3) is 0 Å². The Labute approximate surface area is 174 Å². The largest absolute Gasteiger partial charge is 0.353 e. The third-order valence-corrected chi connectivity index (χ3v) is 5.27. The van der Waals surface area contributed by atoms with Crippen molar-refractivity contribution in [1.82, 2.24) is 14.4 Å². The van der Waals surface area contributed by atoms with Crippen LogP contribution in [0, 0.1) is 5.41 Å². The molecule has 1 aromatic heterocycles. The van der Waals surface area contributed by atoms with Crippen LogP contribution >= 0.6 is 0 Å². The van der Waals surface area contributed by atoms with Crippen LogP contribution < -0.4 is 0 Å². The standard InChI is InChI=1S/C24H33N3O2/c1-24(2,3)15-22(28)27(20-12-13-20)18-23(29)26(16-19-9-6-5-7-10-19)17-21-11-8-14-25(21)4/h5-11,14,20H,12-13,15-18H2,1-4H3. The molecule has 2 aromatic rings. The highest BCUT2D eigenvalue weighted by Crippen LogP contribution is 2.30. The molecule has 2 amide bonds. The van der Waals surface area contributed by atoms with Gasteiger partial charge in [-0.1, -0.05) is 51.1 Å². The van der Waals surface area contributed by atoms with Crippen LogP contribution in [0.15, 0.2) is 48.7 Å². The Kier molecular flexibility index (Phi) is 6.46. The van der Waals surface area contributed by atoms with E-state index in [1.54, 1.807) is 0 Å². The minimum absolute atomic E-state index is 0.00390. The van der Waals surface area contributed by atoms with E-state index in [1.165, 1.54) is 0 Å². The monoisotopic (exact) mass is 395 g/mol. The highest BCUT2D eigenvalue weighted by atomic mass is 16.2. The molecule has 0 bridgehead atoms. The summed E-state index contributed by atoms with van der Waals surface area (Å²) in [5, 5.41) is 0. The molecule has 5 heteroatoms. The van der Waals surface area contributed by atoms with E-state index in [0.717, 1.165) is 24.1 Å². The van der Waals surface area contributed by atoms with Crippen molar-refractivity contribution in [3.8, 4) is 0 Å². The molecule has 1 fully saturated rings. The van der Waals surface area contributed by atoms with Gasteiger partial charge in [0.2, 0.25) is 11.8 Å². The molecule has 0 spiro atoms. The van der Waals surface area contributed by atoms with E-state index in [2.05, 4.69) is 20.8 Å². The molecule has 0 unspecified atom stereocenters. The number of carbonyl (C=O) groups is 2. The lowest BCUT2D eigenvalue weighted by molar-refractivity contribution is -0.142. The fraction of sp³-hybridized carbons (Fsp3) is 0.500. The zero-order chi connectivity index (χ0) is 21.0. The maximum atomic E-state index is 13.3. The van der Waals surface area contributed by atoms with Gasteiger partial charge < -0.3 is 14.4 Å². The second-order valence-corrected chi connectivity index (χ2v) is 9.34. The summed E-state index contributed by atoms with van der Waals surface area (Å²) in [5.74, 6) is 0.0936. The molecule has 0 aliphatic heterocycles. The van der Waals surface area contributed by atoms with E-state index in [9.17, 15) is 9.59 Å². The Balaban J connectivity index is 1.75. The molecule has 1 aliphatic rings. The van der Waals surface area contributed by atoms with Crippen LogP contribution in [-0.4, -0.2) is 38.8 Å². The van der Waals surface area contributed by atoms with Crippen molar-refractivity contribution in [2.75, 3.05) is 6.54 Å². The SMILES string of the molecule is Cn1cccc1CN(Cc1ccccc1)C(=O)CN(C(=O)CC(C)(C)C)C1CC1. The Morgan fingerprint density at radius 3 is 2.24 bits per heavy atom. The minimum Gasteiger partial charge on any atom is -0.353 e. The molecular weight excluding hydrogens is 362 g/mol. The van der Waals surface area contributed by atoms with Gasteiger partial charge in [0.1, 0.15) is 6.54 Å². The number of aromatic nitrogens is 1. The topological polar surface area (TPSA) is 45.6 Å². The average Bonchev–Trinajstić information content (AvgIpc) is 3.41. The summed E-state index contributed by atoms with van der Waals surface area (Å²) in [6.45, 7) is 7.43. The third kappa shape index (κ3) is 6.21. The summed E-state index contributed by atoms with van der Waals surface area (Å²) < 4.78 is 2.04. The van der Waals surface area contributed by atoms with Crippen LogP contribution in [0.4, 0.5) is 0 Å². The van der Waals surface area contributed by atoms with E-state index < -0.39 is 0 Å². The van der Waals surface area contributed by atoms with Gasteiger partial charge in [-0.25, -0.2) is 0 Å². The number of aryl methyl sites for hydroxylation is 1. The Morgan fingerprint density at radius 1 is 1.00 bits per heavy atom. The lowest BCUT2D eigenvalue weighted by atomic mass is 9.91. The van der Waals surface area contributed by atoms with Crippen LogP contribution in [0.3, 0.4) is 0 Å². The fourth-order valence-electron chi connectivity index (χ4n) is 3.50. The van der Waals surface area contributed by atoms with Gasteiger partial charge in [-0.15, -0.1) is 0 Å². The molecule has 0 radical (unpaired) electrons. The van der Waals surface area contributed by atoms with E-state index in [4.69, 9.17) is 0 Å². The highest BCUT2D eigenvalue weighted by molar-refractivity contribution is 5.85. The van der Waals surface area contributed by atoms with Gasteiger partial charge >= 0.3 is 0 Å². The summed E-state index contributed by atoms with van der Waals surface area (Å²) in [5.41, 5.74) is 2.09. The molecule has 0 N–H and O–H groups in total. The zero-order valence-electron chi connectivity index (χ0n) is 18.1. The molecule has 1 saturated carbocycles. The highest BCUT2D eigenvalue weighted by Gasteiger charge is 2.36. The molecule has 1 aliphatic carbocycles. The fourth-order valence-corrected chi connectivity index (χ4v) is 3.50. The first-order valence-electron chi connectivity index (χ1n) is 10.4. The number of amides is 2. The van der Waals surface area contributed by atoms with E-state index in [0.29, 0.717) is 19.5 Å². The van der Waals surface area contributed by atoms with Crippen LogP contribution in [0.2, 0.25) is 0 Å². The molecule has 5 nitrogen and oxygen atoms in total. The van der Waals surface area contributed by atoms with Crippen molar-refractivity contribution < 1.29 is 9.59 Å². The molecule has 1 heterocycles. The first kappa shape index (κ1) is 21.2. The van der Waals surface area contributed by atoms with Crippen LogP contribution in [0.1, 0.15) is 51.3 Å². The predicted octanol–water partition coefficient (Wildman–Crippen LogP) is 3.98. The number of rotatable bonds is 8. The third-order valence-electron chi connectivity index (χ3n) is 5.27. The quantitative estimate of drug-likeness (QED) is 0.679. The molecule has 0 saturated heterocycles. The second-order valence-electron chi connectivity index (χ2n) is 9.34. The smallest absolute Gasteiger partial charge is 0.242 e. The average molecular weight is 396 g/mol. The second kappa shape index (κ2) is 8.85. The number of hydrogen-bond donors (Lipinski definition) is 0. The zero-order valence-corrected chi connectivity index (χ0v) is 18.1. The normalized spacial score (nSPS) is 13.9. The van der Waals surface area contributed by atoms with Crippen LogP contribution in [0.25, 0.3) is 0 Å². The van der Waals surface area contributed by atoms with Crippen LogP contribution in [-0.2, 0) is 29.7 Å². The lowest BCUT2D eigenvalue weighted by Crippen LogP contribution is -2.44. The van der Waals surface area contributed by atoms with Gasteiger partial charge in [0.05, 0.1) is 6.54 Å². The lowest BCUT2D eigenvalue weighted by Gasteiger charge is -2.30. The van der Waals surface area contributed by atoms with Crippen molar-refractivity contribution in [3.63, 3.8) is 0 Å². The molecule has 1 aromatic carbocycles. The van der Waals surface area contributed by atoms with Gasteiger partial charge in [0.15, 0.2) is 0 Å².